The molecule has 1 atom stereocenters. The Morgan fingerprint density at radius 1 is 1.21 bits per heavy atom. The number of aromatic nitrogens is 3. The number of carbonyl (C=O) groups is 1. The van der Waals surface area contributed by atoms with Crippen LogP contribution in [-0.4, -0.2) is 25.9 Å². The van der Waals surface area contributed by atoms with Gasteiger partial charge in [0.1, 0.15) is 10.4 Å². The Labute approximate surface area is 141 Å². The van der Waals surface area contributed by atoms with Crippen molar-refractivity contribution in [1.29, 1.82) is 0 Å². The van der Waals surface area contributed by atoms with Gasteiger partial charge in [0.05, 0.1) is 5.56 Å². The van der Waals surface area contributed by atoms with Gasteiger partial charge in [-0.05, 0) is 29.5 Å². The number of benzene rings is 1. The number of fused-ring (bicyclic) bond motifs is 3. The van der Waals surface area contributed by atoms with E-state index in [1.165, 1.54) is 28.9 Å². The number of hydrogen-bond donors (Lipinski definition) is 1. The molecule has 4 rings (SSSR count). The number of carboxylic acids is 1. The Morgan fingerprint density at radius 2 is 1.92 bits per heavy atom. The normalized spacial score (nSPS) is 19.2. The molecule has 1 aromatic heterocycles. The largest absolute Gasteiger partial charge is 0.478 e. The topological polar surface area (TPSA) is 71.2 Å². The molecule has 124 valence electrons. The highest BCUT2D eigenvalue weighted by Gasteiger charge is 2.46. The zero-order chi connectivity index (χ0) is 17.1. The van der Waals surface area contributed by atoms with Crippen LogP contribution >= 0.6 is 23.5 Å². The van der Waals surface area contributed by atoms with Crippen molar-refractivity contribution in [3.05, 3.63) is 51.7 Å². The molecule has 1 N–H and O–H groups in total. The van der Waals surface area contributed by atoms with E-state index in [2.05, 4.69) is 10.2 Å². The molecule has 11 heteroatoms. The molecule has 0 spiro atoms. The summed E-state index contributed by atoms with van der Waals surface area (Å²) in [6, 6.07) is 6.05. The number of nitrogens with zero attached hydrogens (tertiary/aromatic N) is 4. The summed E-state index contributed by atoms with van der Waals surface area (Å²) in [6.45, 7) is 0. The van der Waals surface area contributed by atoms with Gasteiger partial charge in [-0.2, -0.15) is 13.2 Å². The van der Waals surface area contributed by atoms with Crippen LogP contribution in [0.3, 0.4) is 0 Å². The summed E-state index contributed by atoms with van der Waals surface area (Å²) in [5.41, 5.74) is 0.804. The Kier molecular flexibility index (Phi) is 3.32. The fraction of sp³-hybridized carbons (Fsp3) is 0.154. The van der Waals surface area contributed by atoms with Crippen molar-refractivity contribution < 1.29 is 23.1 Å². The summed E-state index contributed by atoms with van der Waals surface area (Å²) in [7, 11) is 0. The third kappa shape index (κ3) is 2.26. The Hall–Kier alpha value is -2.14. The quantitative estimate of drug-likeness (QED) is 0.867. The van der Waals surface area contributed by atoms with Crippen LogP contribution in [0.2, 0.25) is 0 Å². The molecule has 0 bridgehead atoms. The molecule has 2 aliphatic heterocycles. The van der Waals surface area contributed by atoms with Gasteiger partial charge in [0, 0.05) is 5.41 Å². The van der Waals surface area contributed by atoms with Crippen molar-refractivity contribution in [2.75, 3.05) is 5.01 Å². The number of halogens is 3. The molecule has 1 aromatic carbocycles. The molecule has 0 fully saturated rings. The van der Waals surface area contributed by atoms with Gasteiger partial charge >= 0.3 is 12.1 Å². The molecular weight excluding hydrogens is 365 g/mol. The van der Waals surface area contributed by atoms with Crippen LogP contribution in [0.25, 0.3) is 0 Å². The zero-order valence-corrected chi connectivity index (χ0v) is 13.2. The molecule has 1 unspecified atom stereocenters. The van der Waals surface area contributed by atoms with E-state index < -0.39 is 23.3 Å². The van der Waals surface area contributed by atoms with Gasteiger partial charge in [0.15, 0.2) is 0 Å². The standard InChI is InChI=1S/C13H7F3N4O2S2/c14-13(15,16)11-17-18-12-20(11)19-8(24-12)5-23-9(19)6-1-3-7(4-2-6)10(21)22/h1-5,9H,(H,21,22). The van der Waals surface area contributed by atoms with E-state index in [9.17, 15) is 18.0 Å². The average Bonchev–Trinajstić information content (AvgIpc) is 3.16. The first-order chi connectivity index (χ1) is 11.4. The molecule has 0 radical (unpaired) electrons. The van der Waals surface area contributed by atoms with Gasteiger partial charge in [-0.3, -0.25) is 5.01 Å². The van der Waals surface area contributed by atoms with E-state index in [-0.39, 0.29) is 10.7 Å². The summed E-state index contributed by atoms with van der Waals surface area (Å²) in [5, 5.41) is 19.4. The molecule has 2 aliphatic rings. The SMILES string of the molecule is O=C(O)c1ccc(C2SC=C3Sc4nnc(C(F)(F)F)n4N32)cc1. The van der Waals surface area contributed by atoms with Gasteiger partial charge in [-0.25, -0.2) is 9.47 Å². The van der Waals surface area contributed by atoms with Crippen LogP contribution < -0.4 is 5.01 Å². The zero-order valence-electron chi connectivity index (χ0n) is 11.6. The first-order valence-corrected chi connectivity index (χ1v) is 8.31. The van der Waals surface area contributed by atoms with Gasteiger partial charge < -0.3 is 5.11 Å². The lowest BCUT2D eigenvalue weighted by Gasteiger charge is -2.26. The fourth-order valence-corrected chi connectivity index (χ4v) is 4.65. The predicted octanol–water partition coefficient (Wildman–Crippen LogP) is 3.28. The minimum atomic E-state index is -4.62. The van der Waals surface area contributed by atoms with Crippen LogP contribution in [-0.2, 0) is 6.18 Å². The molecular formula is C13H7F3N4O2S2. The summed E-state index contributed by atoms with van der Waals surface area (Å²) < 4.78 is 40.4. The van der Waals surface area contributed by atoms with E-state index in [0.29, 0.717) is 10.6 Å². The summed E-state index contributed by atoms with van der Waals surface area (Å²) in [5.74, 6) is -2.14. The number of aromatic carboxylic acids is 1. The third-order valence-corrected chi connectivity index (χ3v) is 5.65. The number of hydrogen-bond acceptors (Lipinski definition) is 6. The molecule has 0 saturated carbocycles. The lowest BCUT2D eigenvalue weighted by molar-refractivity contribution is -0.147. The Morgan fingerprint density at radius 3 is 2.54 bits per heavy atom. The number of rotatable bonds is 2. The van der Waals surface area contributed by atoms with Crippen molar-refractivity contribution >= 4 is 29.5 Å². The summed E-state index contributed by atoms with van der Waals surface area (Å²) >= 11 is 2.45. The Balaban J connectivity index is 1.74. The first kappa shape index (κ1) is 15.4. The van der Waals surface area contributed by atoms with Crippen LogP contribution in [0.4, 0.5) is 13.2 Å². The van der Waals surface area contributed by atoms with E-state index >= 15 is 0 Å². The third-order valence-electron chi connectivity index (χ3n) is 3.47. The van der Waals surface area contributed by atoms with Crippen LogP contribution in [0.5, 0.6) is 0 Å². The summed E-state index contributed by atoms with van der Waals surface area (Å²) in [4.78, 5) is 10.9. The molecule has 2 aromatic rings. The lowest BCUT2D eigenvalue weighted by Crippen LogP contribution is -2.33. The van der Waals surface area contributed by atoms with Gasteiger partial charge in [-0.1, -0.05) is 23.9 Å². The molecule has 3 heterocycles. The number of carboxylic acid groups (broad SMARTS) is 1. The summed E-state index contributed by atoms with van der Waals surface area (Å²) in [6.07, 6.45) is -4.62. The van der Waals surface area contributed by atoms with E-state index in [1.807, 2.05) is 0 Å². The second kappa shape index (κ2) is 5.18. The van der Waals surface area contributed by atoms with Crippen molar-refractivity contribution in [3.63, 3.8) is 0 Å². The van der Waals surface area contributed by atoms with Crippen LogP contribution in [0.15, 0.2) is 39.9 Å². The molecule has 24 heavy (non-hydrogen) atoms. The van der Waals surface area contributed by atoms with Crippen LogP contribution in [0, 0.1) is 0 Å². The van der Waals surface area contributed by atoms with E-state index in [1.54, 1.807) is 17.5 Å². The average molecular weight is 372 g/mol. The fourth-order valence-electron chi connectivity index (χ4n) is 2.43. The maximum Gasteiger partial charge on any atom is 0.453 e. The second-order valence-corrected chi connectivity index (χ2v) is 6.88. The van der Waals surface area contributed by atoms with Crippen molar-refractivity contribution in [1.82, 2.24) is 14.9 Å². The monoisotopic (exact) mass is 372 g/mol. The minimum absolute atomic E-state index is 0.117. The van der Waals surface area contributed by atoms with Crippen molar-refractivity contribution in [2.45, 2.75) is 16.7 Å². The van der Waals surface area contributed by atoms with E-state index in [4.69, 9.17) is 5.11 Å². The van der Waals surface area contributed by atoms with Crippen LogP contribution in [0.1, 0.15) is 27.1 Å². The second-order valence-electron chi connectivity index (χ2n) is 4.93. The number of thioether (sulfide) groups is 2. The maximum atomic E-state index is 13.2. The predicted molar refractivity (Wildman–Crippen MR) is 80.9 cm³/mol. The minimum Gasteiger partial charge on any atom is -0.478 e. The number of alkyl halides is 3. The smallest absolute Gasteiger partial charge is 0.453 e. The van der Waals surface area contributed by atoms with Crippen molar-refractivity contribution in [3.8, 4) is 0 Å². The molecule has 0 aliphatic carbocycles. The highest BCUT2D eigenvalue weighted by atomic mass is 32.2. The van der Waals surface area contributed by atoms with E-state index in [0.717, 1.165) is 16.4 Å². The van der Waals surface area contributed by atoms with Gasteiger partial charge in [-0.15, -0.1) is 10.2 Å². The van der Waals surface area contributed by atoms with Crippen molar-refractivity contribution in [2.24, 2.45) is 0 Å². The highest BCUT2D eigenvalue weighted by Crippen LogP contribution is 2.52. The maximum absolute atomic E-state index is 13.2. The Bertz CT molecular complexity index is 863. The first-order valence-electron chi connectivity index (χ1n) is 6.55. The van der Waals surface area contributed by atoms with Gasteiger partial charge in [0.2, 0.25) is 5.16 Å². The van der Waals surface area contributed by atoms with Gasteiger partial charge in [0.25, 0.3) is 5.82 Å². The highest BCUT2D eigenvalue weighted by molar-refractivity contribution is 8.07. The molecule has 0 saturated heterocycles. The molecule has 6 nitrogen and oxygen atoms in total. The molecule has 0 amide bonds. The lowest BCUT2D eigenvalue weighted by atomic mass is 10.1.